The van der Waals surface area contributed by atoms with E-state index in [2.05, 4.69) is 17.3 Å². The summed E-state index contributed by atoms with van der Waals surface area (Å²) in [4.78, 5) is 24.7. The summed E-state index contributed by atoms with van der Waals surface area (Å²) >= 11 is 6.11. The minimum absolute atomic E-state index is 0.0639. The number of carbonyl (C=O) groups excluding carboxylic acids is 1. The highest BCUT2D eigenvalue weighted by Gasteiger charge is 2.13. The van der Waals surface area contributed by atoms with E-state index in [-0.39, 0.29) is 17.4 Å². The normalized spacial score (nSPS) is 10.7. The summed E-state index contributed by atoms with van der Waals surface area (Å²) < 4.78 is 1.10. The predicted octanol–water partition coefficient (Wildman–Crippen LogP) is 3.61. The van der Waals surface area contributed by atoms with Crippen LogP contribution in [0.25, 0.3) is 0 Å². The van der Waals surface area contributed by atoms with Crippen LogP contribution in [-0.2, 0) is 6.54 Å². The van der Waals surface area contributed by atoms with Gasteiger partial charge >= 0.3 is 0 Å². The number of nitrogens with one attached hydrogen (secondary N) is 1. The van der Waals surface area contributed by atoms with E-state index in [1.165, 1.54) is 6.20 Å². The Labute approximate surface area is 146 Å². The third-order valence-electron chi connectivity index (χ3n) is 3.95. The molecule has 0 saturated heterocycles. The molecule has 2 aromatic rings. The first-order chi connectivity index (χ1) is 11.4. The molecule has 0 saturated carbocycles. The lowest BCUT2D eigenvalue weighted by Crippen LogP contribution is -2.28. The molecule has 1 N–H and O–H groups in total. The first kappa shape index (κ1) is 18.2. The van der Waals surface area contributed by atoms with Gasteiger partial charge in [0.25, 0.3) is 5.56 Å². The van der Waals surface area contributed by atoms with E-state index >= 15 is 0 Å². The Morgan fingerprint density at radius 3 is 2.71 bits per heavy atom. The van der Waals surface area contributed by atoms with E-state index in [1.807, 2.05) is 26.0 Å². The molecule has 24 heavy (non-hydrogen) atoms. The molecule has 0 unspecified atom stereocenters. The topological polar surface area (TPSA) is 64.0 Å². The van der Waals surface area contributed by atoms with Crippen LogP contribution in [0.4, 0.5) is 5.69 Å². The number of rotatable bonds is 7. The smallest absolute Gasteiger partial charge is 0.288 e. The molecule has 128 valence electrons. The van der Waals surface area contributed by atoms with Crippen molar-refractivity contribution in [2.24, 2.45) is 0 Å². The molecule has 0 atom stereocenters. The summed E-state index contributed by atoms with van der Waals surface area (Å²) in [5.74, 6) is -0.171. The summed E-state index contributed by atoms with van der Waals surface area (Å²) in [6, 6.07) is 5.48. The maximum atomic E-state index is 12.4. The van der Waals surface area contributed by atoms with Gasteiger partial charge in [0, 0.05) is 12.1 Å². The number of unbranched alkanes of at least 4 members (excludes halogenated alkanes) is 1. The zero-order valence-electron chi connectivity index (χ0n) is 14.2. The van der Waals surface area contributed by atoms with Gasteiger partial charge < -0.3 is 5.32 Å². The number of aromatic nitrogens is 2. The number of halogens is 1. The lowest BCUT2D eigenvalue weighted by Gasteiger charge is -2.10. The van der Waals surface area contributed by atoms with Crippen molar-refractivity contribution in [2.75, 3.05) is 11.9 Å². The van der Waals surface area contributed by atoms with Crippen LogP contribution < -0.4 is 10.9 Å². The predicted molar refractivity (Wildman–Crippen MR) is 97.2 cm³/mol. The largest absolute Gasteiger partial charge is 0.382 e. The lowest BCUT2D eigenvalue weighted by molar-refractivity contribution is 0.0965. The molecule has 0 aliphatic rings. The maximum absolute atomic E-state index is 12.4. The van der Waals surface area contributed by atoms with E-state index < -0.39 is 5.56 Å². The molecule has 0 amide bonds. The van der Waals surface area contributed by atoms with E-state index in [1.54, 1.807) is 6.07 Å². The van der Waals surface area contributed by atoms with E-state index in [0.29, 0.717) is 11.3 Å². The van der Waals surface area contributed by atoms with Gasteiger partial charge in [0.15, 0.2) is 5.78 Å². The number of ketones is 1. The number of anilines is 1. The van der Waals surface area contributed by atoms with Crippen molar-refractivity contribution in [1.82, 2.24) is 9.78 Å². The second kappa shape index (κ2) is 8.11. The first-order valence-corrected chi connectivity index (χ1v) is 8.41. The van der Waals surface area contributed by atoms with Gasteiger partial charge in [-0.3, -0.25) is 9.59 Å². The highest BCUT2D eigenvalue weighted by Crippen LogP contribution is 2.16. The molecule has 2 rings (SSSR count). The van der Waals surface area contributed by atoms with Crippen molar-refractivity contribution >= 4 is 23.1 Å². The third-order valence-corrected chi connectivity index (χ3v) is 4.32. The Morgan fingerprint density at radius 1 is 1.29 bits per heavy atom. The van der Waals surface area contributed by atoms with Gasteiger partial charge in [-0.1, -0.05) is 37.1 Å². The molecule has 0 radical (unpaired) electrons. The van der Waals surface area contributed by atoms with Gasteiger partial charge in [0.2, 0.25) is 0 Å². The quantitative estimate of drug-likeness (QED) is 0.614. The van der Waals surface area contributed by atoms with Gasteiger partial charge in [-0.25, -0.2) is 4.68 Å². The Morgan fingerprint density at radius 2 is 2.04 bits per heavy atom. The van der Waals surface area contributed by atoms with Gasteiger partial charge in [-0.15, -0.1) is 0 Å². The molecule has 5 nitrogen and oxygen atoms in total. The van der Waals surface area contributed by atoms with Crippen molar-refractivity contribution in [3.05, 3.63) is 56.5 Å². The zero-order valence-corrected chi connectivity index (χ0v) is 15.0. The number of Topliss-reactive ketones (excluding diaryl/α,β-unsaturated/α-hetero) is 1. The SMILES string of the molecule is CCCCNc1cnn(CC(=O)c2ccc(C)c(C)c2)c(=O)c1Cl. The number of benzene rings is 1. The van der Waals surface area contributed by atoms with Crippen molar-refractivity contribution < 1.29 is 4.79 Å². The van der Waals surface area contributed by atoms with E-state index in [0.717, 1.165) is 35.2 Å². The first-order valence-electron chi connectivity index (χ1n) is 8.04. The van der Waals surface area contributed by atoms with Gasteiger partial charge in [0.05, 0.1) is 11.9 Å². The summed E-state index contributed by atoms with van der Waals surface area (Å²) in [6.45, 7) is 6.61. The van der Waals surface area contributed by atoms with Crippen molar-refractivity contribution in [3.63, 3.8) is 0 Å². The summed E-state index contributed by atoms with van der Waals surface area (Å²) in [5, 5.41) is 7.21. The average Bonchev–Trinajstić information content (AvgIpc) is 2.56. The Kier molecular flexibility index (Phi) is 6.15. The minimum Gasteiger partial charge on any atom is -0.382 e. The average molecular weight is 348 g/mol. The molecule has 0 aliphatic carbocycles. The Bertz CT molecular complexity index is 799. The van der Waals surface area contributed by atoms with Gasteiger partial charge in [0.1, 0.15) is 11.6 Å². The van der Waals surface area contributed by atoms with Crippen molar-refractivity contribution in [2.45, 2.75) is 40.2 Å². The molecule has 0 spiro atoms. The Balaban J connectivity index is 2.17. The maximum Gasteiger partial charge on any atom is 0.288 e. The van der Waals surface area contributed by atoms with Crippen molar-refractivity contribution in [3.8, 4) is 0 Å². The highest BCUT2D eigenvalue weighted by atomic mass is 35.5. The van der Waals surface area contributed by atoms with E-state index in [9.17, 15) is 9.59 Å². The minimum atomic E-state index is -0.463. The number of carbonyl (C=O) groups is 1. The second-order valence-corrected chi connectivity index (χ2v) is 6.22. The molecule has 0 fully saturated rings. The van der Waals surface area contributed by atoms with Crippen LogP contribution in [0.2, 0.25) is 5.02 Å². The molecular weight excluding hydrogens is 326 g/mol. The van der Waals surface area contributed by atoms with Crippen LogP contribution in [0.1, 0.15) is 41.3 Å². The molecule has 0 aliphatic heterocycles. The summed E-state index contributed by atoms with van der Waals surface area (Å²) in [5.41, 5.74) is 2.76. The van der Waals surface area contributed by atoms with Crippen LogP contribution >= 0.6 is 11.6 Å². The molecule has 1 aromatic carbocycles. The summed E-state index contributed by atoms with van der Waals surface area (Å²) in [7, 11) is 0. The zero-order chi connectivity index (χ0) is 17.7. The molecule has 6 heteroatoms. The lowest BCUT2D eigenvalue weighted by atomic mass is 10.0. The fraction of sp³-hybridized carbons (Fsp3) is 0.389. The van der Waals surface area contributed by atoms with Gasteiger partial charge in [-0.05, 0) is 37.5 Å². The molecule has 1 aromatic heterocycles. The highest BCUT2D eigenvalue weighted by molar-refractivity contribution is 6.32. The van der Waals surface area contributed by atoms with Gasteiger partial charge in [-0.2, -0.15) is 5.10 Å². The summed E-state index contributed by atoms with van der Waals surface area (Å²) in [6.07, 6.45) is 3.51. The van der Waals surface area contributed by atoms with Crippen LogP contribution in [0.15, 0.2) is 29.2 Å². The van der Waals surface area contributed by atoms with Crippen LogP contribution in [-0.4, -0.2) is 22.1 Å². The fourth-order valence-corrected chi connectivity index (χ4v) is 2.46. The second-order valence-electron chi connectivity index (χ2n) is 5.84. The third kappa shape index (κ3) is 4.23. The van der Waals surface area contributed by atoms with Crippen LogP contribution in [0.3, 0.4) is 0 Å². The standard InChI is InChI=1S/C18H22ClN3O2/c1-4-5-8-20-15-10-21-22(18(24)17(15)19)11-16(23)14-7-6-12(2)13(3)9-14/h6-7,9-10,20H,4-5,8,11H2,1-3H3. The van der Waals surface area contributed by atoms with Crippen LogP contribution in [0, 0.1) is 13.8 Å². The molecular formula is C18H22ClN3O2. The Hall–Kier alpha value is -2.14. The van der Waals surface area contributed by atoms with Crippen molar-refractivity contribution in [1.29, 1.82) is 0 Å². The molecule has 0 bridgehead atoms. The van der Waals surface area contributed by atoms with E-state index in [4.69, 9.17) is 11.6 Å². The van der Waals surface area contributed by atoms with Crippen LogP contribution in [0.5, 0.6) is 0 Å². The fourth-order valence-electron chi connectivity index (χ4n) is 2.24. The number of hydrogen-bond donors (Lipinski definition) is 1. The number of hydrogen-bond acceptors (Lipinski definition) is 4. The number of nitrogens with zero attached hydrogens (tertiary/aromatic N) is 2. The number of aryl methyl sites for hydroxylation is 2. The monoisotopic (exact) mass is 347 g/mol. The molecule has 1 heterocycles.